The molecule has 1 unspecified atom stereocenters. The molecule has 0 aliphatic rings. The molecule has 0 radical (unpaired) electrons. The topological polar surface area (TPSA) is 51.2 Å². The van der Waals surface area contributed by atoms with E-state index in [9.17, 15) is 4.39 Å². The molecule has 108 valence electrons. The van der Waals surface area contributed by atoms with Crippen LogP contribution in [0.5, 0.6) is 0 Å². The summed E-state index contributed by atoms with van der Waals surface area (Å²) in [6.45, 7) is 1.84. The lowest BCUT2D eigenvalue weighted by molar-refractivity contribution is 0.474. The van der Waals surface area contributed by atoms with Crippen molar-refractivity contribution in [1.29, 1.82) is 0 Å². The fourth-order valence-corrected chi connectivity index (χ4v) is 2.93. The summed E-state index contributed by atoms with van der Waals surface area (Å²) >= 11 is 3.46. The Morgan fingerprint density at radius 3 is 2.71 bits per heavy atom. The number of rotatable bonds is 3. The zero-order valence-corrected chi connectivity index (χ0v) is 12.9. The normalized spacial score (nSPS) is 12.8. The third-order valence-electron chi connectivity index (χ3n) is 3.36. The second-order valence-electron chi connectivity index (χ2n) is 4.97. The minimum Gasteiger partial charge on any atom is -0.458 e. The van der Waals surface area contributed by atoms with Gasteiger partial charge in [-0.15, -0.1) is 0 Å². The standard InChI is InChI=1S/C16H14BrFN2O/c1-9-5-11(7-12(18)6-9)15(20-19)14-8-10-3-2-4-13(17)16(10)21-14/h2-8,15,20H,19H2,1H3. The van der Waals surface area contributed by atoms with E-state index in [0.29, 0.717) is 5.76 Å². The highest BCUT2D eigenvalue weighted by molar-refractivity contribution is 9.10. The van der Waals surface area contributed by atoms with Crippen molar-refractivity contribution in [3.63, 3.8) is 0 Å². The Hall–Kier alpha value is -1.69. The molecule has 1 aromatic heterocycles. The van der Waals surface area contributed by atoms with Gasteiger partial charge in [0.05, 0.1) is 4.47 Å². The average molecular weight is 349 g/mol. The lowest BCUT2D eigenvalue weighted by atomic mass is 10.0. The molecule has 0 aliphatic heterocycles. The molecule has 0 saturated heterocycles. The molecule has 1 heterocycles. The van der Waals surface area contributed by atoms with Crippen LogP contribution in [0.2, 0.25) is 0 Å². The van der Waals surface area contributed by atoms with Crippen LogP contribution in [0, 0.1) is 12.7 Å². The Morgan fingerprint density at radius 1 is 1.24 bits per heavy atom. The number of hydrogen-bond donors (Lipinski definition) is 2. The summed E-state index contributed by atoms with van der Waals surface area (Å²) in [6, 6.07) is 12.1. The highest BCUT2D eigenvalue weighted by atomic mass is 79.9. The van der Waals surface area contributed by atoms with E-state index in [1.807, 2.05) is 37.3 Å². The monoisotopic (exact) mass is 348 g/mol. The number of furan rings is 1. The molecule has 3 nitrogen and oxygen atoms in total. The highest BCUT2D eigenvalue weighted by Gasteiger charge is 2.19. The first-order valence-electron chi connectivity index (χ1n) is 6.49. The molecule has 1 atom stereocenters. The first-order chi connectivity index (χ1) is 10.1. The molecule has 0 bridgehead atoms. The molecule has 5 heteroatoms. The Bertz CT molecular complexity index is 780. The van der Waals surface area contributed by atoms with Crippen LogP contribution in [0.4, 0.5) is 4.39 Å². The van der Waals surface area contributed by atoms with Crippen molar-refractivity contribution in [1.82, 2.24) is 5.43 Å². The quantitative estimate of drug-likeness (QED) is 0.551. The van der Waals surface area contributed by atoms with E-state index in [4.69, 9.17) is 10.3 Å². The molecule has 0 fully saturated rings. The molecule has 0 saturated carbocycles. The number of aryl methyl sites for hydroxylation is 1. The smallest absolute Gasteiger partial charge is 0.148 e. The van der Waals surface area contributed by atoms with Crippen molar-refractivity contribution >= 4 is 26.9 Å². The summed E-state index contributed by atoms with van der Waals surface area (Å²) in [5.41, 5.74) is 5.01. The molecule has 21 heavy (non-hydrogen) atoms. The fraction of sp³-hybridized carbons (Fsp3) is 0.125. The molecule has 0 spiro atoms. The van der Waals surface area contributed by atoms with Gasteiger partial charge >= 0.3 is 0 Å². The van der Waals surface area contributed by atoms with Crippen LogP contribution < -0.4 is 11.3 Å². The van der Waals surface area contributed by atoms with Crippen LogP contribution in [0.1, 0.15) is 22.9 Å². The molecule has 0 aliphatic carbocycles. The number of para-hydroxylation sites is 1. The van der Waals surface area contributed by atoms with Crippen molar-refractivity contribution in [2.45, 2.75) is 13.0 Å². The predicted octanol–water partition coefficient (Wildman–Crippen LogP) is 4.20. The van der Waals surface area contributed by atoms with E-state index in [2.05, 4.69) is 21.4 Å². The fourth-order valence-electron chi connectivity index (χ4n) is 2.46. The van der Waals surface area contributed by atoms with Crippen LogP contribution in [0.3, 0.4) is 0 Å². The van der Waals surface area contributed by atoms with Crippen LogP contribution in [-0.2, 0) is 0 Å². The summed E-state index contributed by atoms with van der Waals surface area (Å²) in [5.74, 6) is 6.01. The van der Waals surface area contributed by atoms with Gasteiger partial charge < -0.3 is 4.42 Å². The zero-order valence-electron chi connectivity index (χ0n) is 11.4. The van der Waals surface area contributed by atoms with E-state index >= 15 is 0 Å². The van der Waals surface area contributed by atoms with Gasteiger partial charge in [-0.2, -0.15) is 0 Å². The SMILES string of the molecule is Cc1cc(F)cc(C(NN)c2cc3cccc(Br)c3o2)c1. The number of halogens is 2. The van der Waals surface area contributed by atoms with Gasteiger partial charge in [0.2, 0.25) is 0 Å². The van der Waals surface area contributed by atoms with E-state index in [0.717, 1.165) is 26.6 Å². The summed E-state index contributed by atoms with van der Waals surface area (Å²) in [5, 5.41) is 0.966. The molecule has 3 N–H and O–H groups in total. The predicted molar refractivity (Wildman–Crippen MR) is 84.2 cm³/mol. The van der Waals surface area contributed by atoms with E-state index in [-0.39, 0.29) is 5.82 Å². The Morgan fingerprint density at radius 2 is 2.05 bits per heavy atom. The van der Waals surface area contributed by atoms with E-state index in [1.165, 1.54) is 12.1 Å². The van der Waals surface area contributed by atoms with Crippen molar-refractivity contribution < 1.29 is 8.81 Å². The maximum Gasteiger partial charge on any atom is 0.148 e. The lowest BCUT2D eigenvalue weighted by Gasteiger charge is -2.14. The summed E-state index contributed by atoms with van der Waals surface area (Å²) in [7, 11) is 0. The Balaban J connectivity index is 2.11. The molecular formula is C16H14BrFN2O. The van der Waals surface area contributed by atoms with Gasteiger partial charge in [0, 0.05) is 5.39 Å². The van der Waals surface area contributed by atoms with Crippen LogP contribution in [0.15, 0.2) is 51.4 Å². The van der Waals surface area contributed by atoms with Gasteiger partial charge in [0.25, 0.3) is 0 Å². The van der Waals surface area contributed by atoms with E-state index < -0.39 is 6.04 Å². The van der Waals surface area contributed by atoms with Crippen molar-refractivity contribution in [2.24, 2.45) is 5.84 Å². The van der Waals surface area contributed by atoms with Gasteiger partial charge in [-0.1, -0.05) is 18.2 Å². The average Bonchev–Trinajstić information content (AvgIpc) is 2.83. The number of fused-ring (bicyclic) bond motifs is 1. The summed E-state index contributed by atoms with van der Waals surface area (Å²) in [6.07, 6.45) is 0. The lowest BCUT2D eigenvalue weighted by Crippen LogP contribution is -2.28. The maximum atomic E-state index is 13.6. The Kier molecular flexibility index (Phi) is 3.80. The third kappa shape index (κ3) is 2.72. The number of nitrogens with one attached hydrogen (secondary N) is 1. The van der Waals surface area contributed by atoms with Gasteiger partial charge in [-0.05, 0) is 58.2 Å². The molecular weight excluding hydrogens is 335 g/mol. The van der Waals surface area contributed by atoms with Gasteiger partial charge in [0.15, 0.2) is 0 Å². The molecule has 3 aromatic rings. The Labute approximate surface area is 130 Å². The first-order valence-corrected chi connectivity index (χ1v) is 7.29. The number of hydrogen-bond acceptors (Lipinski definition) is 3. The minimum atomic E-state index is -0.404. The summed E-state index contributed by atoms with van der Waals surface area (Å²) < 4.78 is 20.3. The summed E-state index contributed by atoms with van der Waals surface area (Å²) in [4.78, 5) is 0. The largest absolute Gasteiger partial charge is 0.458 e. The second kappa shape index (κ2) is 5.60. The van der Waals surface area contributed by atoms with Crippen LogP contribution in [-0.4, -0.2) is 0 Å². The van der Waals surface area contributed by atoms with Crippen molar-refractivity contribution in [2.75, 3.05) is 0 Å². The molecule has 2 aromatic carbocycles. The minimum absolute atomic E-state index is 0.289. The zero-order chi connectivity index (χ0) is 15.0. The van der Waals surface area contributed by atoms with Crippen molar-refractivity contribution in [3.8, 4) is 0 Å². The van der Waals surface area contributed by atoms with Crippen LogP contribution >= 0.6 is 15.9 Å². The van der Waals surface area contributed by atoms with Crippen LogP contribution in [0.25, 0.3) is 11.0 Å². The molecule has 0 amide bonds. The van der Waals surface area contributed by atoms with Gasteiger partial charge in [-0.3, -0.25) is 5.84 Å². The van der Waals surface area contributed by atoms with Gasteiger partial charge in [0.1, 0.15) is 23.2 Å². The van der Waals surface area contributed by atoms with Gasteiger partial charge in [-0.25, -0.2) is 9.82 Å². The number of benzene rings is 2. The second-order valence-corrected chi connectivity index (χ2v) is 5.82. The highest BCUT2D eigenvalue weighted by Crippen LogP contribution is 2.32. The van der Waals surface area contributed by atoms with E-state index in [1.54, 1.807) is 0 Å². The maximum absolute atomic E-state index is 13.6. The number of hydrazine groups is 1. The number of nitrogens with two attached hydrogens (primary N) is 1. The molecule has 3 rings (SSSR count). The van der Waals surface area contributed by atoms with Crippen molar-refractivity contribution in [3.05, 3.63) is 69.6 Å². The first kappa shape index (κ1) is 14.3. The third-order valence-corrected chi connectivity index (χ3v) is 3.99.